The molecular weight excluding hydrogens is 320 g/mol. The molecule has 0 saturated heterocycles. The van der Waals surface area contributed by atoms with E-state index in [1.807, 2.05) is 13.8 Å². The molecule has 0 fully saturated rings. The third-order valence-electron chi connectivity index (χ3n) is 3.44. The molecule has 1 unspecified atom stereocenters. The molecule has 0 aliphatic carbocycles. The molecule has 0 spiro atoms. The smallest absolute Gasteiger partial charge is 0.272 e. The van der Waals surface area contributed by atoms with Gasteiger partial charge in [0.2, 0.25) is 0 Å². The lowest BCUT2D eigenvalue weighted by Gasteiger charge is -2.20. The Hall–Kier alpha value is -2.22. The lowest BCUT2D eigenvalue weighted by atomic mass is 10.0. The van der Waals surface area contributed by atoms with Crippen molar-refractivity contribution in [2.45, 2.75) is 39.3 Å². The van der Waals surface area contributed by atoms with Crippen molar-refractivity contribution >= 4 is 5.91 Å². The zero-order valence-corrected chi connectivity index (χ0v) is 13.8. The van der Waals surface area contributed by atoms with Crippen LogP contribution in [-0.2, 0) is 12.1 Å². The minimum atomic E-state index is -2.81. The number of nitrogens with zero attached hydrogens (tertiary/aromatic N) is 2. The number of aromatic nitrogens is 2. The number of nitrogens with one attached hydrogen (secondary N) is 1. The summed E-state index contributed by atoms with van der Waals surface area (Å²) < 4.78 is 32.7. The Labute approximate surface area is 138 Å². The van der Waals surface area contributed by atoms with Gasteiger partial charge in [-0.3, -0.25) is 9.48 Å². The summed E-state index contributed by atoms with van der Waals surface area (Å²) in [5, 5.41) is 16.7. The molecule has 2 heterocycles. The van der Waals surface area contributed by atoms with E-state index < -0.39 is 23.5 Å². The summed E-state index contributed by atoms with van der Waals surface area (Å²) in [6.07, 6.45) is -0.226. The predicted molar refractivity (Wildman–Crippen MR) is 82.6 cm³/mol. The summed E-state index contributed by atoms with van der Waals surface area (Å²) in [7, 11) is 0. The van der Waals surface area contributed by atoms with E-state index in [9.17, 15) is 18.7 Å². The molecule has 1 atom stereocenters. The quantitative estimate of drug-likeness (QED) is 0.811. The van der Waals surface area contributed by atoms with Gasteiger partial charge in [0, 0.05) is 12.7 Å². The van der Waals surface area contributed by atoms with Gasteiger partial charge in [-0.05, 0) is 25.0 Å². The highest BCUT2D eigenvalue weighted by Gasteiger charge is 2.29. The van der Waals surface area contributed by atoms with Crippen LogP contribution in [0.2, 0.25) is 0 Å². The lowest BCUT2D eigenvalue weighted by Crippen LogP contribution is -2.38. The molecule has 8 heteroatoms. The third kappa shape index (κ3) is 4.19. The largest absolute Gasteiger partial charge is 0.466 e. The molecular formula is C16H21F2N3O3. The van der Waals surface area contributed by atoms with E-state index in [2.05, 4.69) is 10.4 Å². The molecule has 0 aliphatic rings. The number of rotatable bonds is 7. The molecule has 2 aromatic rings. The van der Waals surface area contributed by atoms with Crippen molar-refractivity contribution in [2.24, 2.45) is 5.92 Å². The number of hydrogen-bond acceptors (Lipinski definition) is 4. The maximum absolute atomic E-state index is 13.1. The van der Waals surface area contributed by atoms with Crippen LogP contribution in [0.1, 0.15) is 49.0 Å². The number of amides is 1. The van der Waals surface area contributed by atoms with Crippen molar-refractivity contribution in [1.82, 2.24) is 15.1 Å². The molecule has 24 heavy (non-hydrogen) atoms. The fraction of sp³-hybridized carbons (Fsp3) is 0.500. The average molecular weight is 341 g/mol. The fourth-order valence-electron chi connectivity index (χ4n) is 2.25. The molecule has 6 nitrogen and oxygen atoms in total. The second-order valence-corrected chi connectivity index (χ2v) is 6.28. The van der Waals surface area contributed by atoms with Crippen molar-refractivity contribution in [3.8, 4) is 0 Å². The first-order valence-electron chi connectivity index (χ1n) is 7.60. The number of alkyl halides is 2. The van der Waals surface area contributed by atoms with Gasteiger partial charge in [0.15, 0.2) is 5.69 Å². The van der Waals surface area contributed by atoms with Crippen LogP contribution in [0.25, 0.3) is 0 Å². The number of hydrogen-bond donors (Lipinski definition) is 2. The van der Waals surface area contributed by atoms with Gasteiger partial charge >= 0.3 is 0 Å². The van der Waals surface area contributed by atoms with Crippen molar-refractivity contribution in [1.29, 1.82) is 0 Å². The first-order chi connectivity index (χ1) is 11.2. The number of carbonyl (C=O) groups excluding carboxylic acids is 1. The van der Waals surface area contributed by atoms with Gasteiger partial charge in [-0.1, -0.05) is 13.8 Å². The Morgan fingerprint density at radius 1 is 1.50 bits per heavy atom. The first kappa shape index (κ1) is 18.1. The summed E-state index contributed by atoms with van der Waals surface area (Å²) >= 11 is 0. The van der Waals surface area contributed by atoms with E-state index in [1.54, 1.807) is 12.1 Å². The molecule has 1 amide bonds. The van der Waals surface area contributed by atoms with Crippen molar-refractivity contribution in [2.75, 3.05) is 6.54 Å². The Bertz CT molecular complexity index is 679. The zero-order valence-electron chi connectivity index (χ0n) is 13.8. The van der Waals surface area contributed by atoms with Crippen LogP contribution in [0.3, 0.4) is 0 Å². The number of halogens is 2. The Balaban J connectivity index is 2.12. The minimum Gasteiger partial charge on any atom is -0.466 e. The number of carbonyl (C=O) groups is 1. The molecule has 0 aliphatic heterocycles. The van der Waals surface area contributed by atoms with Gasteiger partial charge in [-0.25, -0.2) is 8.78 Å². The Morgan fingerprint density at radius 2 is 2.21 bits per heavy atom. The summed E-state index contributed by atoms with van der Waals surface area (Å²) in [6.45, 7) is 5.53. The van der Waals surface area contributed by atoms with E-state index in [0.29, 0.717) is 6.54 Å². The summed E-state index contributed by atoms with van der Waals surface area (Å²) in [5.74, 6) is -0.298. The van der Waals surface area contributed by atoms with Crippen LogP contribution >= 0.6 is 0 Å². The highest BCUT2D eigenvalue weighted by atomic mass is 19.3. The molecule has 0 aromatic carbocycles. The van der Waals surface area contributed by atoms with E-state index in [0.717, 1.165) is 0 Å². The molecule has 2 N–H and O–H groups in total. The van der Waals surface area contributed by atoms with Gasteiger partial charge in [0.1, 0.15) is 11.4 Å². The van der Waals surface area contributed by atoms with Crippen LogP contribution in [0.15, 0.2) is 29.0 Å². The van der Waals surface area contributed by atoms with Gasteiger partial charge in [-0.2, -0.15) is 5.10 Å². The van der Waals surface area contributed by atoms with Crippen molar-refractivity contribution in [3.05, 3.63) is 41.6 Å². The van der Waals surface area contributed by atoms with Crippen LogP contribution in [0.4, 0.5) is 8.78 Å². The second kappa shape index (κ2) is 7.12. The summed E-state index contributed by atoms with van der Waals surface area (Å²) in [6, 6.07) is 3.17. The van der Waals surface area contributed by atoms with Gasteiger partial charge < -0.3 is 14.8 Å². The van der Waals surface area contributed by atoms with E-state index >= 15 is 0 Å². The van der Waals surface area contributed by atoms with Gasteiger partial charge in [0.25, 0.3) is 12.3 Å². The third-order valence-corrected chi connectivity index (χ3v) is 3.44. The predicted octanol–water partition coefficient (Wildman–Crippen LogP) is 2.71. The summed E-state index contributed by atoms with van der Waals surface area (Å²) in [4.78, 5) is 12.2. The molecule has 132 valence electrons. The highest BCUT2D eigenvalue weighted by molar-refractivity contribution is 5.93. The van der Waals surface area contributed by atoms with E-state index in [1.165, 1.54) is 24.1 Å². The molecule has 0 radical (unpaired) electrons. The monoisotopic (exact) mass is 341 g/mol. The van der Waals surface area contributed by atoms with Gasteiger partial charge in [0.05, 0.1) is 18.4 Å². The number of furan rings is 1. The average Bonchev–Trinajstić information content (AvgIpc) is 3.13. The molecule has 2 aromatic heterocycles. The standard InChI is InChI=1S/C16H21F2N3O3/c1-10(2)7-21-8-11(14(17)18)13(20-21)15(22)19-9-16(3,23)12-5-4-6-24-12/h4-6,8,10,14,23H,7,9H2,1-3H3,(H,19,22). The van der Waals surface area contributed by atoms with Crippen LogP contribution < -0.4 is 5.32 Å². The molecule has 0 saturated carbocycles. The van der Waals surface area contributed by atoms with Crippen molar-refractivity contribution < 1.29 is 23.1 Å². The highest BCUT2D eigenvalue weighted by Crippen LogP contribution is 2.23. The van der Waals surface area contributed by atoms with E-state index in [4.69, 9.17) is 4.42 Å². The maximum Gasteiger partial charge on any atom is 0.272 e. The first-order valence-corrected chi connectivity index (χ1v) is 7.60. The fourth-order valence-corrected chi connectivity index (χ4v) is 2.25. The topological polar surface area (TPSA) is 80.3 Å². The Morgan fingerprint density at radius 3 is 2.75 bits per heavy atom. The van der Waals surface area contributed by atoms with Crippen LogP contribution in [0, 0.1) is 5.92 Å². The van der Waals surface area contributed by atoms with Crippen LogP contribution in [0.5, 0.6) is 0 Å². The normalized spacial score (nSPS) is 14.2. The van der Waals surface area contributed by atoms with E-state index in [-0.39, 0.29) is 23.9 Å². The molecule has 0 bridgehead atoms. The van der Waals surface area contributed by atoms with Gasteiger partial charge in [-0.15, -0.1) is 0 Å². The second-order valence-electron chi connectivity index (χ2n) is 6.28. The molecule has 2 rings (SSSR count). The van der Waals surface area contributed by atoms with Crippen LogP contribution in [-0.4, -0.2) is 27.3 Å². The SMILES string of the molecule is CC(C)Cn1cc(C(F)F)c(C(=O)NCC(C)(O)c2ccco2)n1. The summed E-state index contributed by atoms with van der Waals surface area (Å²) in [5.41, 5.74) is -2.21. The number of aliphatic hydroxyl groups is 1. The maximum atomic E-state index is 13.1. The Kier molecular flexibility index (Phi) is 5.38. The van der Waals surface area contributed by atoms with Crippen molar-refractivity contribution in [3.63, 3.8) is 0 Å². The minimum absolute atomic E-state index is 0.195. The lowest BCUT2D eigenvalue weighted by molar-refractivity contribution is 0.0328. The zero-order chi connectivity index (χ0) is 17.9.